The zero-order chi connectivity index (χ0) is 22.0. The van der Waals surface area contributed by atoms with Crippen LogP contribution in [-0.4, -0.2) is 42.4 Å². The smallest absolute Gasteiger partial charge is 0.254 e. The van der Waals surface area contributed by atoms with Gasteiger partial charge in [-0.1, -0.05) is 30.3 Å². The predicted molar refractivity (Wildman–Crippen MR) is 117 cm³/mol. The summed E-state index contributed by atoms with van der Waals surface area (Å²) in [6.45, 7) is 1.62. The molecule has 1 amide bonds. The molecule has 0 radical (unpaired) electrons. The Bertz CT molecular complexity index is 1030. The summed E-state index contributed by atoms with van der Waals surface area (Å²) in [6.07, 6.45) is 1.71. The van der Waals surface area contributed by atoms with Crippen molar-refractivity contribution in [1.29, 1.82) is 5.26 Å². The lowest BCUT2D eigenvalue weighted by molar-refractivity contribution is -0.128. The maximum Gasteiger partial charge on any atom is 0.254 e. The molecule has 0 aromatic heterocycles. The van der Waals surface area contributed by atoms with Crippen LogP contribution >= 0.6 is 0 Å². The van der Waals surface area contributed by atoms with Crippen LogP contribution in [0.1, 0.15) is 40.7 Å². The average molecular weight is 418 g/mol. The minimum absolute atomic E-state index is 0.0448. The van der Waals surface area contributed by atoms with Gasteiger partial charge in [0, 0.05) is 38.8 Å². The fourth-order valence-electron chi connectivity index (χ4n) is 4.37. The fraction of sp³-hybridized carbons (Fsp3) is 0.400. The van der Waals surface area contributed by atoms with Crippen molar-refractivity contribution in [3.63, 3.8) is 0 Å². The Labute approximate surface area is 182 Å². The van der Waals surface area contributed by atoms with Crippen LogP contribution in [-0.2, 0) is 22.5 Å². The molecule has 6 nitrogen and oxygen atoms in total. The minimum atomic E-state index is -0.861. The van der Waals surface area contributed by atoms with E-state index < -0.39 is 11.5 Å². The molecule has 31 heavy (non-hydrogen) atoms. The third kappa shape index (κ3) is 4.39. The highest BCUT2D eigenvalue weighted by atomic mass is 16.5. The minimum Gasteiger partial charge on any atom is -0.381 e. The van der Waals surface area contributed by atoms with Crippen LogP contribution in [0.2, 0.25) is 0 Å². The largest absolute Gasteiger partial charge is 0.381 e. The second-order valence-electron chi connectivity index (χ2n) is 8.66. The molecule has 2 aromatic rings. The van der Waals surface area contributed by atoms with E-state index in [1.807, 2.05) is 43.4 Å². The molecule has 1 saturated heterocycles. The third-order valence-corrected chi connectivity index (χ3v) is 6.41. The summed E-state index contributed by atoms with van der Waals surface area (Å²) in [5, 5.41) is 9.58. The molecule has 2 heterocycles. The highest BCUT2D eigenvalue weighted by Gasteiger charge is 2.36. The first kappa shape index (κ1) is 21.2. The van der Waals surface area contributed by atoms with Gasteiger partial charge in [0.2, 0.25) is 0 Å². The molecule has 6 heteroatoms. The first-order valence-electron chi connectivity index (χ1n) is 10.7. The van der Waals surface area contributed by atoms with Crippen molar-refractivity contribution in [3.05, 3.63) is 59.2 Å². The van der Waals surface area contributed by atoms with Crippen LogP contribution in [0.3, 0.4) is 0 Å². The number of ether oxygens (including phenoxy) is 1. The number of hydrogen-bond donors (Lipinski definition) is 1. The number of fused-ring (bicyclic) bond motifs is 1. The van der Waals surface area contributed by atoms with E-state index in [2.05, 4.69) is 12.1 Å². The number of rotatable bonds is 6. The molecule has 0 bridgehead atoms. The first-order valence-corrected chi connectivity index (χ1v) is 10.7. The van der Waals surface area contributed by atoms with Gasteiger partial charge >= 0.3 is 0 Å². The van der Waals surface area contributed by atoms with E-state index in [-0.39, 0.29) is 18.1 Å². The van der Waals surface area contributed by atoms with Crippen LogP contribution in [0.25, 0.3) is 11.1 Å². The third-order valence-electron chi connectivity index (χ3n) is 6.41. The number of carbonyl (C=O) groups is 2. The standard InChI is InChI=1S/C25H27N3O3/c1-28-16-21-14-20(6-7-22(21)24(28)30)19-4-2-17(3-5-19)12-18(15-26)13-23(29)25(27)8-10-31-11-9-25/h2-7,14,18H,8-13,16,27H2,1H3/t18-/m1/s1. The Morgan fingerprint density at radius 1 is 1.19 bits per heavy atom. The number of ketones is 1. The van der Waals surface area contributed by atoms with Gasteiger partial charge in [-0.15, -0.1) is 0 Å². The quantitative estimate of drug-likeness (QED) is 0.779. The van der Waals surface area contributed by atoms with Gasteiger partial charge in [0.1, 0.15) is 0 Å². The lowest BCUT2D eigenvalue weighted by Gasteiger charge is -2.32. The van der Waals surface area contributed by atoms with Gasteiger partial charge in [-0.25, -0.2) is 0 Å². The molecule has 2 aliphatic heterocycles. The van der Waals surface area contributed by atoms with Crippen LogP contribution in [0.5, 0.6) is 0 Å². The summed E-state index contributed by atoms with van der Waals surface area (Å²) in [4.78, 5) is 26.5. The van der Waals surface area contributed by atoms with Gasteiger partial charge in [-0.2, -0.15) is 5.26 Å². The van der Waals surface area contributed by atoms with Gasteiger partial charge in [-0.3, -0.25) is 9.59 Å². The van der Waals surface area contributed by atoms with E-state index in [0.29, 0.717) is 39.0 Å². The van der Waals surface area contributed by atoms with Crippen molar-refractivity contribution in [2.45, 2.75) is 37.8 Å². The summed E-state index contributed by atoms with van der Waals surface area (Å²) in [6, 6.07) is 16.3. The molecule has 0 spiro atoms. The zero-order valence-electron chi connectivity index (χ0n) is 17.8. The summed E-state index contributed by atoms with van der Waals surface area (Å²) in [5.41, 5.74) is 10.4. The van der Waals surface area contributed by atoms with Crippen molar-refractivity contribution >= 4 is 11.7 Å². The maximum absolute atomic E-state index is 12.7. The summed E-state index contributed by atoms with van der Waals surface area (Å²) >= 11 is 0. The number of nitrogens with zero attached hydrogens (tertiary/aromatic N) is 2. The lowest BCUT2D eigenvalue weighted by atomic mass is 9.81. The highest BCUT2D eigenvalue weighted by molar-refractivity contribution is 5.98. The second kappa shape index (κ2) is 8.62. The van der Waals surface area contributed by atoms with Gasteiger partial charge in [0.25, 0.3) is 5.91 Å². The Morgan fingerprint density at radius 2 is 1.87 bits per heavy atom. The van der Waals surface area contributed by atoms with Gasteiger partial charge in [0.15, 0.2) is 5.78 Å². The number of Topliss-reactive ketones (excluding diaryl/α,β-unsaturated/α-hetero) is 1. The molecule has 0 saturated carbocycles. The first-order chi connectivity index (χ1) is 14.9. The van der Waals surface area contributed by atoms with Crippen LogP contribution < -0.4 is 5.73 Å². The van der Waals surface area contributed by atoms with E-state index in [1.54, 1.807) is 4.90 Å². The molecule has 0 aliphatic carbocycles. The SMILES string of the molecule is CN1Cc2cc(-c3ccc(C[C@@H](C#N)CC(=O)C4(N)CCOCC4)cc3)ccc2C1=O. The average Bonchev–Trinajstić information content (AvgIpc) is 3.07. The molecule has 2 aliphatic rings. The van der Waals surface area contributed by atoms with Gasteiger partial charge in [0.05, 0.1) is 17.5 Å². The van der Waals surface area contributed by atoms with E-state index in [1.165, 1.54) is 0 Å². The molecule has 4 rings (SSSR count). The fourth-order valence-corrected chi connectivity index (χ4v) is 4.37. The van der Waals surface area contributed by atoms with Crippen molar-refractivity contribution < 1.29 is 14.3 Å². The van der Waals surface area contributed by atoms with Gasteiger partial charge in [-0.05, 0) is 53.6 Å². The zero-order valence-corrected chi connectivity index (χ0v) is 17.8. The molecule has 2 N–H and O–H groups in total. The van der Waals surface area contributed by atoms with Crippen LogP contribution in [0, 0.1) is 17.2 Å². The summed E-state index contributed by atoms with van der Waals surface area (Å²) in [5.74, 6) is -0.381. The summed E-state index contributed by atoms with van der Waals surface area (Å²) < 4.78 is 5.31. The predicted octanol–water partition coefficient (Wildman–Crippen LogP) is 3.09. The molecule has 2 aromatic carbocycles. The van der Waals surface area contributed by atoms with E-state index >= 15 is 0 Å². The number of nitriles is 1. The Balaban J connectivity index is 1.42. The highest BCUT2D eigenvalue weighted by Crippen LogP contribution is 2.29. The van der Waals surface area contributed by atoms with Crippen molar-refractivity contribution in [2.75, 3.05) is 20.3 Å². The number of nitrogens with two attached hydrogens (primary N) is 1. The molecule has 1 atom stereocenters. The summed E-state index contributed by atoms with van der Waals surface area (Å²) in [7, 11) is 1.81. The molecule has 1 fully saturated rings. The van der Waals surface area contributed by atoms with Crippen LogP contribution in [0.15, 0.2) is 42.5 Å². The lowest BCUT2D eigenvalue weighted by Crippen LogP contribution is -2.52. The van der Waals surface area contributed by atoms with E-state index in [4.69, 9.17) is 10.5 Å². The number of carbonyl (C=O) groups excluding carboxylic acids is 2. The number of benzene rings is 2. The maximum atomic E-state index is 12.7. The molecule has 160 valence electrons. The number of amides is 1. The van der Waals surface area contributed by atoms with Gasteiger partial charge < -0.3 is 15.4 Å². The topological polar surface area (TPSA) is 96.4 Å². The number of hydrogen-bond acceptors (Lipinski definition) is 5. The van der Waals surface area contributed by atoms with E-state index in [9.17, 15) is 14.9 Å². The Kier molecular flexibility index (Phi) is 5.90. The normalized spacial score (nSPS) is 18.4. The second-order valence-corrected chi connectivity index (χ2v) is 8.66. The molecular weight excluding hydrogens is 390 g/mol. The monoisotopic (exact) mass is 417 g/mol. The Hall–Kier alpha value is -3.01. The van der Waals surface area contributed by atoms with Crippen LogP contribution in [0.4, 0.5) is 0 Å². The van der Waals surface area contributed by atoms with Crippen molar-refractivity contribution in [1.82, 2.24) is 4.90 Å². The Morgan fingerprint density at radius 3 is 2.55 bits per heavy atom. The molecule has 0 unspecified atom stereocenters. The van der Waals surface area contributed by atoms with Crippen molar-refractivity contribution in [3.8, 4) is 17.2 Å². The molecular formula is C25H27N3O3. The van der Waals surface area contributed by atoms with Crippen molar-refractivity contribution in [2.24, 2.45) is 11.7 Å². The van der Waals surface area contributed by atoms with E-state index in [0.717, 1.165) is 27.8 Å².